The normalized spacial score (nSPS) is 25.9. The van der Waals surface area contributed by atoms with Gasteiger partial charge in [0.1, 0.15) is 0 Å². The molecule has 1 aliphatic heterocycles. The summed E-state index contributed by atoms with van der Waals surface area (Å²) < 4.78 is 0. The number of nitrogens with two attached hydrogens (primary N) is 1. The van der Waals surface area contributed by atoms with Crippen LogP contribution in [0.4, 0.5) is 17.8 Å². The van der Waals surface area contributed by atoms with Crippen molar-refractivity contribution in [1.29, 1.82) is 0 Å². The molecule has 1 saturated heterocycles. The first kappa shape index (κ1) is 14.3. The van der Waals surface area contributed by atoms with E-state index in [4.69, 9.17) is 5.84 Å². The smallest absolute Gasteiger partial charge is 0.243 e. The van der Waals surface area contributed by atoms with Gasteiger partial charge in [0, 0.05) is 19.1 Å². The van der Waals surface area contributed by atoms with Crippen LogP contribution in [-0.2, 0) is 0 Å². The average Bonchev–Trinajstić information content (AvgIpc) is 3.01. The second kappa shape index (κ2) is 6.43. The number of aromatic nitrogens is 3. The Balaban J connectivity index is 1.75. The van der Waals surface area contributed by atoms with Crippen LogP contribution in [0.1, 0.15) is 45.4 Å². The van der Waals surface area contributed by atoms with Gasteiger partial charge in [-0.25, -0.2) is 5.84 Å². The molecule has 0 bridgehead atoms. The van der Waals surface area contributed by atoms with E-state index in [1.807, 2.05) is 0 Å². The van der Waals surface area contributed by atoms with Crippen LogP contribution < -0.4 is 21.5 Å². The molecule has 1 saturated carbocycles. The molecule has 0 spiro atoms. The van der Waals surface area contributed by atoms with E-state index in [-0.39, 0.29) is 0 Å². The molecule has 116 valence electrons. The molecule has 2 fully saturated rings. The van der Waals surface area contributed by atoms with Crippen LogP contribution in [0.25, 0.3) is 0 Å². The van der Waals surface area contributed by atoms with E-state index in [2.05, 4.69) is 37.5 Å². The fraction of sp³-hybridized carbons (Fsp3) is 0.786. The summed E-state index contributed by atoms with van der Waals surface area (Å²) in [7, 11) is 0. The summed E-state index contributed by atoms with van der Waals surface area (Å²) in [6, 6.07) is 0.452. The summed E-state index contributed by atoms with van der Waals surface area (Å²) in [6.07, 6.45) is 7.34. The topological polar surface area (TPSA) is 92.0 Å². The summed E-state index contributed by atoms with van der Waals surface area (Å²) >= 11 is 0. The molecule has 2 heterocycles. The van der Waals surface area contributed by atoms with Gasteiger partial charge in [-0.1, -0.05) is 19.8 Å². The molecule has 0 amide bonds. The van der Waals surface area contributed by atoms with Crippen LogP contribution >= 0.6 is 0 Å². The highest BCUT2D eigenvalue weighted by molar-refractivity contribution is 5.44. The molecular weight excluding hydrogens is 266 g/mol. The Labute approximate surface area is 125 Å². The van der Waals surface area contributed by atoms with Crippen molar-refractivity contribution in [2.45, 2.75) is 51.5 Å². The number of nitrogen functional groups attached to an aromatic ring is 1. The molecular formula is C14H25N7. The van der Waals surface area contributed by atoms with Crippen LogP contribution in [0.3, 0.4) is 0 Å². The van der Waals surface area contributed by atoms with Gasteiger partial charge in [-0.2, -0.15) is 15.0 Å². The lowest BCUT2D eigenvalue weighted by molar-refractivity contribution is 0.357. The number of hydrazine groups is 1. The number of nitrogens with zero attached hydrogens (tertiary/aromatic N) is 4. The van der Waals surface area contributed by atoms with Crippen molar-refractivity contribution in [1.82, 2.24) is 15.0 Å². The van der Waals surface area contributed by atoms with Crippen LogP contribution in [0.2, 0.25) is 0 Å². The highest BCUT2D eigenvalue weighted by atomic mass is 15.4. The van der Waals surface area contributed by atoms with Gasteiger partial charge in [0.15, 0.2) is 0 Å². The van der Waals surface area contributed by atoms with E-state index in [1.54, 1.807) is 0 Å². The summed E-state index contributed by atoms with van der Waals surface area (Å²) in [5.74, 6) is 8.05. The highest BCUT2D eigenvalue weighted by Crippen LogP contribution is 2.26. The van der Waals surface area contributed by atoms with Crippen LogP contribution in [0.5, 0.6) is 0 Å². The minimum absolute atomic E-state index is 0.429. The molecule has 7 heteroatoms. The van der Waals surface area contributed by atoms with Crippen molar-refractivity contribution < 1.29 is 0 Å². The Hall–Kier alpha value is -1.63. The van der Waals surface area contributed by atoms with Gasteiger partial charge in [-0.05, 0) is 31.6 Å². The average molecular weight is 291 g/mol. The molecule has 7 nitrogen and oxygen atoms in total. The Kier molecular flexibility index (Phi) is 4.38. The van der Waals surface area contributed by atoms with E-state index >= 15 is 0 Å². The summed E-state index contributed by atoms with van der Waals surface area (Å²) in [5.41, 5.74) is 2.55. The summed E-state index contributed by atoms with van der Waals surface area (Å²) in [6.45, 7) is 4.33. The third kappa shape index (κ3) is 3.53. The summed E-state index contributed by atoms with van der Waals surface area (Å²) in [4.78, 5) is 15.5. The maximum atomic E-state index is 5.49. The molecule has 2 aliphatic rings. The predicted molar refractivity (Wildman–Crippen MR) is 84.1 cm³/mol. The number of hydrogen-bond donors (Lipinski definition) is 3. The first-order valence-corrected chi connectivity index (χ1v) is 7.99. The molecule has 1 aliphatic carbocycles. The van der Waals surface area contributed by atoms with Crippen molar-refractivity contribution in [3.8, 4) is 0 Å². The second-order valence-electron chi connectivity index (χ2n) is 6.23. The lowest BCUT2D eigenvalue weighted by Crippen LogP contribution is -2.29. The van der Waals surface area contributed by atoms with Crippen molar-refractivity contribution in [3.63, 3.8) is 0 Å². The van der Waals surface area contributed by atoms with E-state index in [0.29, 0.717) is 17.9 Å². The lowest BCUT2D eigenvalue weighted by Gasteiger charge is -2.27. The third-order valence-corrected chi connectivity index (χ3v) is 4.41. The van der Waals surface area contributed by atoms with Gasteiger partial charge in [0.2, 0.25) is 17.8 Å². The Morgan fingerprint density at radius 3 is 2.52 bits per heavy atom. The molecule has 21 heavy (non-hydrogen) atoms. The predicted octanol–water partition coefficient (Wildman–Crippen LogP) is 1.75. The van der Waals surface area contributed by atoms with Gasteiger partial charge in [-0.3, -0.25) is 5.43 Å². The monoisotopic (exact) mass is 291 g/mol. The van der Waals surface area contributed by atoms with Gasteiger partial charge in [-0.15, -0.1) is 0 Å². The first-order valence-electron chi connectivity index (χ1n) is 7.99. The zero-order valence-electron chi connectivity index (χ0n) is 12.7. The van der Waals surface area contributed by atoms with Gasteiger partial charge < -0.3 is 10.2 Å². The van der Waals surface area contributed by atoms with Crippen molar-refractivity contribution in [2.75, 3.05) is 28.7 Å². The van der Waals surface area contributed by atoms with E-state index in [1.165, 1.54) is 38.5 Å². The number of hydrogen-bond acceptors (Lipinski definition) is 7. The molecule has 4 N–H and O–H groups in total. The minimum atomic E-state index is 0.429. The van der Waals surface area contributed by atoms with Crippen molar-refractivity contribution >= 4 is 17.8 Å². The molecule has 2 unspecified atom stereocenters. The standard InChI is InChI=1S/C14H25N7/c1-10-5-4-6-11(9-10)16-12-17-13(20-15)19-14(18-12)21-7-2-3-8-21/h10-11H,2-9,15H2,1H3,(H2,16,17,18,19,20). The Bertz CT molecular complexity index is 472. The minimum Gasteiger partial charge on any atom is -0.351 e. The summed E-state index contributed by atoms with van der Waals surface area (Å²) in [5, 5.41) is 3.47. The SMILES string of the molecule is CC1CCCC(Nc2nc(NN)nc(N3CCCC3)n2)C1. The molecule has 3 rings (SSSR count). The Morgan fingerprint density at radius 2 is 1.81 bits per heavy atom. The number of nitrogens with one attached hydrogen (secondary N) is 2. The van der Waals surface area contributed by atoms with E-state index < -0.39 is 0 Å². The number of anilines is 3. The molecule has 0 radical (unpaired) electrons. The lowest BCUT2D eigenvalue weighted by atomic mass is 9.87. The molecule has 1 aromatic rings. The number of rotatable bonds is 4. The largest absolute Gasteiger partial charge is 0.351 e. The van der Waals surface area contributed by atoms with E-state index in [0.717, 1.165) is 25.0 Å². The van der Waals surface area contributed by atoms with Gasteiger partial charge in [0.25, 0.3) is 0 Å². The maximum Gasteiger partial charge on any atom is 0.243 e. The molecule has 2 atom stereocenters. The van der Waals surface area contributed by atoms with Gasteiger partial charge in [0.05, 0.1) is 0 Å². The molecule has 1 aromatic heterocycles. The van der Waals surface area contributed by atoms with Gasteiger partial charge >= 0.3 is 0 Å². The second-order valence-corrected chi connectivity index (χ2v) is 6.23. The van der Waals surface area contributed by atoms with Crippen LogP contribution in [0.15, 0.2) is 0 Å². The Morgan fingerprint density at radius 1 is 1.05 bits per heavy atom. The van der Waals surface area contributed by atoms with Crippen LogP contribution in [-0.4, -0.2) is 34.1 Å². The fourth-order valence-electron chi connectivity index (χ4n) is 3.30. The molecule has 0 aromatic carbocycles. The van der Waals surface area contributed by atoms with E-state index in [9.17, 15) is 0 Å². The first-order chi connectivity index (χ1) is 10.2. The zero-order chi connectivity index (χ0) is 14.7. The van der Waals surface area contributed by atoms with Crippen molar-refractivity contribution in [3.05, 3.63) is 0 Å². The van der Waals surface area contributed by atoms with Crippen LogP contribution in [0, 0.1) is 5.92 Å². The quantitative estimate of drug-likeness (QED) is 0.575. The maximum absolute atomic E-state index is 5.49. The van der Waals surface area contributed by atoms with Crippen molar-refractivity contribution in [2.24, 2.45) is 11.8 Å². The zero-order valence-corrected chi connectivity index (χ0v) is 12.7. The third-order valence-electron chi connectivity index (χ3n) is 4.41. The highest BCUT2D eigenvalue weighted by Gasteiger charge is 2.21. The fourth-order valence-corrected chi connectivity index (χ4v) is 3.30.